The summed E-state index contributed by atoms with van der Waals surface area (Å²) in [6.07, 6.45) is 0. The predicted molar refractivity (Wildman–Crippen MR) is 109 cm³/mol. The molecule has 1 aromatic carbocycles. The Kier molecular flexibility index (Phi) is 6.78. The second-order valence-electron chi connectivity index (χ2n) is 6.66. The maximum Gasteiger partial charge on any atom is 0.173 e. The molecule has 0 radical (unpaired) electrons. The van der Waals surface area contributed by atoms with Gasteiger partial charge < -0.3 is 15.1 Å². The lowest BCUT2D eigenvalue weighted by molar-refractivity contribution is -0.857. The van der Waals surface area contributed by atoms with E-state index in [9.17, 15) is 0 Å². The van der Waals surface area contributed by atoms with Gasteiger partial charge in [0.2, 0.25) is 0 Å². The molecule has 2 N–H and O–H groups in total. The highest BCUT2D eigenvalue weighted by Crippen LogP contribution is 2.23. The van der Waals surface area contributed by atoms with Crippen LogP contribution >= 0.6 is 23.6 Å². The van der Waals surface area contributed by atoms with Crippen molar-refractivity contribution in [2.24, 2.45) is 0 Å². The Hall–Kier alpha value is -1.43. The first-order chi connectivity index (χ1) is 11.4. The first-order valence-electron chi connectivity index (χ1n) is 8.32. The number of thiocarbonyl (C=S) groups is 1. The number of aryl methyl sites for hydroxylation is 3. The second-order valence-corrected chi connectivity index (χ2v) is 8.08. The third kappa shape index (κ3) is 5.30. The molecule has 0 unspecified atom stereocenters. The third-order valence-electron chi connectivity index (χ3n) is 4.00. The largest absolute Gasteiger partial charge is 0.338 e. The molecule has 2 rings (SSSR count). The van der Waals surface area contributed by atoms with Gasteiger partial charge in [-0.1, -0.05) is 23.8 Å². The number of thiophene rings is 1. The molecule has 0 atom stereocenters. The Morgan fingerprint density at radius 3 is 2.42 bits per heavy atom. The summed E-state index contributed by atoms with van der Waals surface area (Å²) < 4.78 is 0. The summed E-state index contributed by atoms with van der Waals surface area (Å²) in [5, 5.41) is 6.42. The molecule has 0 saturated heterocycles. The van der Waals surface area contributed by atoms with Crippen molar-refractivity contribution < 1.29 is 4.90 Å². The second kappa shape index (κ2) is 8.60. The molecule has 1 aromatic heterocycles. The Labute approximate surface area is 155 Å². The molecule has 0 aliphatic rings. The van der Waals surface area contributed by atoms with E-state index in [0.29, 0.717) is 0 Å². The number of nitrogens with one attached hydrogen (secondary N) is 2. The summed E-state index contributed by atoms with van der Waals surface area (Å²) in [7, 11) is 4.35. The Morgan fingerprint density at radius 2 is 1.88 bits per heavy atom. The van der Waals surface area contributed by atoms with Crippen LogP contribution in [-0.2, 0) is 6.54 Å². The maximum atomic E-state index is 5.74. The molecule has 130 valence electrons. The van der Waals surface area contributed by atoms with E-state index in [4.69, 9.17) is 12.2 Å². The maximum absolute atomic E-state index is 5.74. The molecular weight excluding hydrogens is 334 g/mol. The highest BCUT2D eigenvalue weighted by atomic mass is 32.1. The van der Waals surface area contributed by atoms with E-state index in [1.54, 1.807) is 11.3 Å². The minimum Gasteiger partial charge on any atom is -0.338 e. The monoisotopic (exact) mass is 362 g/mol. The molecule has 1 heterocycles. The Morgan fingerprint density at radius 1 is 1.21 bits per heavy atom. The zero-order valence-corrected chi connectivity index (χ0v) is 16.9. The van der Waals surface area contributed by atoms with E-state index in [1.165, 1.54) is 26.5 Å². The van der Waals surface area contributed by atoms with Gasteiger partial charge in [-0.2, -0.15) is 0 Å². The molecule has 0 spiro atoms. The normalized spacial score (nSPS) is 10.9. The van der Waals surface area contributed by atoms with Gasteiger partial charge in [0.1, 0.15) is 0 Å². The molecule has 24 heavy (non-hydrogen) atoms. The molecule has 0 aliphatic heterocycles. The molecule has 2 aromatic rings. The first-order valence-corrected chi connectivity index (χ1v) is 9.61. The van der Waals surface area contributed by atoms with Crippen LogP contribution in [0.5, 0.6) is 0 Å². The van der Waals surface area contributed by atoms with Crippen molar-refractivity contribution in [2.45, 2.75) is 27.3 Å². The van der Waals surface area contributed by atoms with Gasteiger partial charge in [0.25, 0.3) is 0 Å². The number of hydrogen-bond donors (Lipinski definition) is 2. The molecule has 0 aliphatic carbocycles. The number of nitrogens with zero attached hydrogens (tertiary/aromatic N) is 1. The number of benzene rings is 1. The van der Waals surface area contributed by atoms with Gasteiger partial charge in [0.15, 0.2) is 5.11 Å². The summed E-state index contributed by atoms with van der Waals surface area (Å²) in [6.45, 7) is 9.26. The summed E-state index contributed by atoms with van der Waals surface area (Å²) in [4.78, 5) is 5.04. The fourth-order valence-electron chi connectivity index (χ4n) is 2.76. The van der Waals surface area contributed by atoms with E-state index in [2.05, 4.69) is 74.7 Å². The van der Waals surface area contributed by atoms with Crippen molar-refractivity contribution in [1.29, 1.82) is 0 Å². The van der Waals surface area contributed by atoms with E-state index in [0.717, 1.165) is 30.4 Å². The average Bonchev–Trinajstić information content (AvgIpc) is 2.99. The van der Waals surface area contributed by atoms with Crippen LogP contribution in [0.15, 0.2) is 29.6 Å². The molecular formula is C19H28N3S2+. The molecule has 0 bridgehead atoms. The van der Waals surface area contributed by atoms with Crippen LogP contribution in [0.1, 0.15) is 21.6 Å². The lowest BCUT2D eigenvalue weighted by Gasteiger charge is -2.27. The smallest absolute Gasteiger partial charge is 0.173 e. The predicted octanol–water partition coefficient (Wildman–Crippen LogP) is 3.02. The van der Waals surface area contributed by atoms with Crippen LogP contribution in [0.25, 0.3) is 0 Å². The third-order valence-corrected chi connectivity index (χ3v) is 5.23. The van der Waals surface area contributed by atoms with Crippen LogP contribution in [0.3, 0.4) is 0 Å². The summed E-state index contributed by atoms with van der Waals surface area (Å²) in [5.41, 5.74) is 4.90. The van der Waals surface area contributed by atoms with Crippen molar-refractivity contribution in [3.63, 3.8) is 0 Å². The standard InChI is InChI=1S/C19H27N3S2/c1-14-11-15(2)18(16(3)12-14)20-19(23)22(9-8-21(4)5)13-17-7-6-10-24-17/h6-7,10-12H,8-9,13H2,1-5H3,(H,20,23)/p+1. The van der Waals surface area contributed by atoms with Crippen LogP contribution in [0.4, 0.5) is 5.69 Å². The van der Waals surface area contributed by atoms with Gasteiger partial charge in [-0.15, -0.1) is 11.3 Å². The van der Waals surface area contributed by atoms with E-state index in [-0.39, 0.29) is 0 Å². The molecule has 0 saturated carbocycles. The number of quaternary nitrogens is 1. The topological polar surface area (TPSA) is 19.7 Å². The van der Waals surface area contributed by atoms with Crippen LogP contribution in [-0.4, -0.2) is 37.2 Å². The number of likely N-dealkylation sites (N-methyl/N-ethyl adjacent to an activating group) is 1. The van der Waals surface area contributed by atoms with E-state index in [1.807, 2.05) is 0 Å². The summed E-state index contributed by atoms with van der Waals surface area (Å²) in [5.74, 6) is 0. The molecule has 5 heteroatoms. The molecule has 3 nitrogen and oxygen atoms in total. The van der Waals surface area contributed by atoms with E-state index >= 15 is 0 Å². The Balaban J connectivity index is 2.14. The van der Waals surface area contributed by atoms with Crippen molar-refractivity contribution in [3.8, 4) is 0 Å². The first kappa shape index (κ1) is 18.9. The van der Waals surface area contributed by atoms with Crippen LogP contribution in [0.2, 0.25) is 0 Å². The molecule has 0 amide bonds. The van der Waals surface area contributed by atoms with Gasteiger partial charge in [-0.05, 0) is 55.6 Å². The van der Waals surface area contributed by atoms with Crippen molar-refractivity contribution in [3.05, 3.63) is 51.2 Å². The van der Waals surface area contributed by atoms with Crippen molar-refractivity contribution in [1.82, 2.24) is 4.90 Å². The zero-order chi connectivity index (χ0) is 17.7. The number of hydrogen-bond acceptors (Lipinski definition) is 2. The van der Waals surface area contributed by atoms with Crippen molar-refractivity contribution in [2.75, 3.05) is 32.5 Å². The summed E-state index contributed by atoms with van der Waals surface area (Å²) >= 11 is 7.53. The highest BCUT2D eigenvalue weighted by Gasteiger charge is 2.14. The lowest BCUT2D eigenvalue weighted by Crippen LogP contribution is -3.06. The average molecular weight is 363 g/mol. The Bertz CT molecular complexity index is 655. The van der Waals surface area contributed by atoms with Gasteiger partial charge in [0, 0.05) is 10.6 Å². The minimum absolute atomic E-state index is 0.805. The fraction of sp³-hybridized carbons (Fsp3) is 0.421. The fourth-order valence-corrected chi connectivity index (χ4v) is 3.74. The lowest BCUT2D eigenvalue weighted by atomic mass is 10.1. The quantitative estimate of drug-likeness (QED) is 0.771. The van der Waals surface area contributed by atoms with Gasteiger partial charge in [0.05, 0.1) is 33.7 Å². The van der Waals surface area contributed by atoms with Crippen molar-refractivity contribution >= 4 is 34.4 Å². The number of rotatable bonds is 6. The van der Waals surface area contributed by atoms with Crippen LogP contribution in [0, 0.1) is 20.8 Å². The molecule has 0 fully saturated rings. The number of anilines is 1. The van der Waals surface area contributed by atoms with E-state index < -0.39 is 0 Å². The van der Waals surface area contributed by atoms with Gasteiger partial charge in [-0.25, -0.2) is 0 Å². The van der Waals surface area contributed by atoms with Crippen LogP contribution < -0.4 is 10.2 Å². The zero-order valence-electron chi connectivity index (χ0n) is 15.3. The van der Waals surface area contributed by atoms with Gasteiger partial charge >= 0.3 is 0 Å². The SMILES string of the molecule is Cc1cc(C)c(NC(=S)N(CC[NH+](C)C)Cc2cccs2)c(C)c1. The highest BCUT2D eigenvalue weighted by molar-refractivity contribution is 7.80. The summed E-state index contributed by atoms with van der Waals surface area (Å²) in [6, 6.07) is 8.67. The minimum atomic E-state index is 0.805. The van der Waals surface area contributed by atoms with Gasteiger partial charge in [-0.3, -0.25) is 0 Å².